The van der Waals surface area contributed by atoms with E-state index in [2.05, 4.69) is 8.37 Å². The maximum Gasteiger partial charge on any atom is 0.397 e. The summed E-state index contributed by atoms with van der Waals surface area (Å²) in [6, 6.07) is -5.05. The second-order valence-electron chi connectivity index (χ2n) is 15.2. The van der Waals surface area contributed by atoms with Crippen molar-refractivity contribution in [3.63, 3.8) is 0 Å². The lowest BCUT2D eigenvalue weighted by Crippen LogP contribution is -2.66. The monoisotopic (exact) mass is 1040 g/mol. The third kappa shape index (κ3) is 15.4. The number of aliphatic hydroxyl groups excluding tert-OH is 7. The molecule has 15 N–H and O–H groups in total. The van der Waals surface area contributed by atoms with Gasteiger partial charge in [0.2, 0.25) is 0 Å². The molecule has 21 atom stereocenters. The number of rotatable bonds is 18. The van der Waals surface area contributed by atoms with Crippen LogP contribution in [-0.2, 0) is 92.4 Å². The Kier molecular flexibility index (Phi) is 18.4. The molecule has 7 unspecified atom stereocenters. The lowest BCUT2D eigenvalue weighted by Gasteiger charge is -2.46. The Labute approximate surface area is 369 Å². The van der Waals surface area contributed by atoms with Gasteiger partial charge in [-0.25, -0.2) is 8.37 Å². The van der Waals surface area contributed by atoms with Crippen molar-refractivity contribution in [1.82, 2.24) is 9.44 Å². The van der Waals surface area contributed by atoms with Gasteiger partial charge in [0.1, 0.15) is 67.1 Å². The highest BCUT2D eigenvalue weighted by Gasteiger charge is 2.52. The van der Waals surface area contributed by atoms with Gasteiger partial charge in [0, 0.05) is 6.42 Å². The standard InChI is InChI=1S/C28H51N3O30S4/c1-8-11(57-28-23(37)20(34)13(5-52-28)59-27-18(31-63(42,43)44)22(36)19(33)14(60-27)6-53-64(45,46)47)2-9(30-62(39,40)41)26(55-8)58-12-4-51-16(3-10(12)32)61-24-15(7-54-65(48,49)50)56-25(38)17(29)21(24)35/h8-28,30-38H,2-7,29H2,1H3,(H,39,40,41)(H,42,43,44)(H,45,46,47)(H,48,49,50)/t8?,9?,10-,11-,12+,13+,14?,15?,16-,17?,18?,19+,20-,21+,22+,23?,24+,25-,26-,27-,28-/m0/s1. The second-order valence-corrected chi connectivity index (χ2v) is 19.8. The molecule has 65 heavy (non-hydrogen) atoms. The van der Waals surface area contributed by atoms with Crippen LogP contribution in [0.5, 0.6) is 0 Å². The highest BCUT2D eigenvalue weighted by Crippen LogP contribution is 2.33. The van der Waals surface area contributed by atoms with E-state index in [-0.39, 0.29) is 0 Å². The van der Waals surface area contributed by atoms with Gasteiger partial charge in [0.15, 0.2) is 31.5 Å². The third-order valence-corrected chi connectivity index (χ3v) is 12.5. The first kappa shape index (κ1) is 54.7. The van der Waals surface area contributed by atoms with Crippen molar-refractivity contribution in [2.75, 3.05) is 26.4 Å². The van der Waals surface area contributed by atoms with Crippen LogP contribution in [0.1, 0.15) is 19.8 Å². The molecule has 0 aliphatic carbocycles. The maximum absolute atomic E-state index is 12.0. The van der Waals surface area contributed by atoms with E-state index in [1.807, 2.05) is 4.72 Å². The first-order valence-electron chi connectivity index (χ1n) is 19.0. The predicted octanol–water partition coefficient (Wildman–Crippen LogP) is -9.14. The number of hydrogen-bond donors (Lipinski definition) is 14. The zero-order chi connectivity index (χ0) is 48.6. The summed E-state index contributed by atoms with van der Waals surface area (Å²) in [5.41, 5.74) is 5.73. The molecule has 5 aliphatic heterocycles. The Bertz CT molecular complexity index is 2020. The summed E-state index contributed by atoms with van der Waals surface area (Å²) in [7, 11) is -20.3. The normalized spacial score (nSPS) is 43.9. The summed E-state index contributed by atoms with van der Waals surface area (Å²) in [6.45, 7) is -1.95. The van der Waals surface area contributed by atoms with Gasteiger partial charge >= 0.3 is 41.4 Å². The van der Waals surface area contributed by atoms with Gasteiger partial charge in [0.05, 0.1) is 56.8 Å². The topological polar surface area (TPSA) is 511 Å². The molecule has 0 aromatic carbocycles. The molecule has 5 heterocycles. The first-order chi connectivity index (χ1) is 29.9. The van der Waals surface area contributed by atoms with Gasteiger partial charge < -0.3 is 84.1 Å². The van der Waals surface area contributed by atoms with E-state index in [0.29, 0.717) is 0 Å². The van der Waals surface area contributed by atoms with E-state index >= 15 is 0 Å². The van der Waals surface area contributed by atoms with Crippen LogP contribution in [-0.4, -0.2) is 243 Å². The maximum atomic E-state index is 12.0. The van der Waals surface area contributed by atoms with Crippen LogP contribution < -0.4 is 15.2 Å². The fourth-order valence-corrected chi connectivity index (χ4v) is 9.03. The lowest BCUT2D eigenvalue weighted by atomic mass is 9.97. The summed E-state index contributed by atoms with van der Waals surface area (Å²) in [5, 5.41) is 74.6. The van der Waals surface area contributed by atoms with Gasteiger partial charge in [-0.1, -0.05) is 0 Å². The SMILES string of the molecule is CC1O[C@@H](O[C@@H]2CO[C@@H](O[C@@H]3C(COS(=O)(=O)O)O[C@H](O)C(N)[C@H]3O)C[C@@H]2O)C(NS(=O)(=O)O)C[C@@H]1O[C@@H]1OC[C@@H](O[C@H]2OC(COS(=O)(=O)O)[C@@H](O)[C@H](O)C2NS(=O)(=O)O)[C@H](O)C1O. The van der Waals surface area contributed by atoms with E-state index in [1.165, 1.54) is 11.6 Å². The van der Waals surface area contributed by atoms with Gasteiger partial charge in [-0.15, -0.1) is 0 Å². The van der Waals surface area contributed by atoms with Crippen LogP contribution in [0.3, 0.4) is 0 Å². The molecule has 37 heteroatoms. The Morgan fingerprint density at radius 1 is 0.585 bits per heavy atom. The summed E-state index contributed by atoms with van der Waals surface area (Å²) in [4.78, 5) is 0. The number of nitrogens with two attached hydrogens (primary N) is 1. The average Bonchev–Trinajstić information content (AvgIpc) is 3.17. The third-order valence-electron chi connectivity index (χ3n) is 10.5. The van der Waals surface area contributed by atoms with E-state index in [1.54, 1.807) is 0 Å². The van der Waals surface area contributed by atoms with Crippen LogP contribution in [0.4, 0.5) is 0 Å². The van der Waals surface area contributed by atoms with Gasteiger partial charge in [-0.05, 0) is 13.3 Å². The smallest absolute Gasteiger partial charge is 0.390 e. The zero-order valence-corrected chi connectivity index (χ0v) is 36.5. The largest absolute Gasteiger partial charge is 0.397 e. The predicted molar refractivity (Wildman–Crippen MR) is 198 cm³/mol. The van der Waals surface area contributed by atoms with Gasteiger partial charge in [0.25, 0.3) is 0 Å². The number of ether oxygens (including phenoxy) is 9. The number of nitrogens with one attached hydrogen (secondary N) is 2. The van der Waals surface area contributed by atoms with E-state index in [4.69, 9.17) is 57.5 Å². The molecule has 382 valence electrons. The van der Waals surface area contributed by atoms with Crippen LogP contribution in [0, 0.1) is 0 Å². The summed E-state index contributed by atoms with van der Waals surface area (Å²) in [6.07, 6.45) is -31.4. The van der Waals surface area contributed by atoms with Crippen molar-refractivity contribution in [1.29, 1.82) is 0 Å². The molecule has 0 bridgehead atoms. The summed E-state index contributed by atoms with van der Waals surface area (Å²) >= 11 is 0. The minimum Gasteiger partial charge on any atom is -0.390 e. The fraction of sp³-hybridized carbons (Fsp3) is 1.00. The van der Waals surface area contributed by atoms with Crippen molar-refractivity contribution in [2.45, 2.75) is 149 Å². The number of hydrogen-bond acceptors (Lipinski definition) is 27. The quantitative estimate of drug-likeness (QED) is 0.0567. The molecule has 0 aromatic heterocycles. The molecule has 5 aliphatic rings. The molecular formula is C28H51N3O30S4. The van der Waals surface area contributed by atoms with Crippen molar-refractivity contribution in [3.05, 3.63) is 0 Å². The summed E-state index contributed by atoms with van der Waals surface area (Å²) < 4.78 is 191. The van der Waals surface area contributed by atoms with Crippen LogP contribution in [0.15, 0.2) is 0 Å². The highest BCUT2D eigenvalue weighted by atomic mass is 32.3. The Hall–Kier alpha value is -1.20. The van der Waals surface area contributed by atoms with E-state index in [0.717, 1.165) is 0 Å². The molecular weight excluding hydrogens is 987 g/mol. The second kappa shape index (κ2) is 21.8. The van der Waals surface area contributed by atoms with Crippen LogP contribution >= 0.6 is 0 Å². The lowest BCUT2D eigenvalue weighted by molar-refractivity contribution is -0.345. The van der Waals surface area contributed by atoms with Crippen molar-refractivity contribution in [2.24, 2.45) is 5.73 Å². The fourth-order valence-electron chi connectivity index (χ4n) is 7.24. The van der Waals surface area contributed by atoms with Gasteiger partial charge in [-0.3, -0.25) is 18.2 Å². The highest BCUT2D eigenvalue weighted by molar-refractivity contribution is 7.84. The van der Waals surface area contributed by atoms with Crippen molar-refractivity contribution < 1.29 is 139 Å². The van der Waals surface area contributed by atoms with Gasteiger partial charge in [-0.2, -0.15) is 43.1 Å². The molecule has 33 nitrogen and oxygen atoms in total. The molecule has 0 spiro atoms. The van der Waals surface area contributed by atoms with E-state index in [9.17, 15) is 78.5 Å². The van der Waals surface area contributed by atoms with Crippen LogP contribution in [0.2, 0.25) is 0 Å². The minimum atomic E-state index is -5.17. The molecule has 5 rings (SSSR count). The van der Waals surface area contributed by atoms with E-state index < -0.39 is 210 Å². The Balaban J connectivity index is 1.20. The van der Waals surface area contributed by atoms with Crippen LogP contribution in [0.25, 0.3) is 0 Å². The molecule has 0 amide bonds. The molecule has 0 radical (unpaired) electrons. The number of aliphatic hydroxyl groups is 7. The Morgan fingerprint density at radius 2 is 1.15 bits per heavy atom. The molecule has 0 aromatic rings. The average molecular weight is 1040 g/mol. The molecule has 0 saturated carbocycles. The summed E-state index contributed by atoms with van der Waals surface area (Å²) in [5.74, 6) is 0. The molecule has 5 saturated heterocycles. The Morgan fingerprint density at radius 3 is 1.74 bits per heavy atom. The first-order valence-corrected chi connectivity index (χ1v) is 24.6. The minimum absolute atomic E-state index is 0.422. The zero-order valence-electron chi connectivity index (χ0n) is 33.3. The van der Waals surface area contributed by atoms with Crippen molar-refractivity contribution >= 4 is 41.4 Å². The van der Waals surface area contributed by atoms with Crippen molar-refractivity contribution in [3.8, 4) is 0 Å². The molecule has 5 fully saturated rings.